The molecular formula is C20H26ClO2PS. The molecule has 5 heteroatoms. The van der Waals surface area contributed by atoms with Crippen LogP contribution in [0.4, 0.5) is 0 Å². The van der Waals surface area contributed by atoms with Gasteiger partial charge in [-0.3, -0.25) is 0 Å². The standard InChI is InChI=1S/C20H26ClO2PS/c1-5-15(3)17-11-7-9-13-19(17)23-24(21,22)25-20-14-10-8-12-18(20)16(4)6-2/h7-16H,5-6H2,1-4H3. The fourth-order valence-electron chi connectivity index (χ4n) is 2.63. The topological polar surface area (TPSA) is 26.3 Å². The maximum absolute atomic E-state index is 13.0. The lowest BCUT2D eigenvalue weighted by Crippen LogP contribution is -1.97. The summed E-state index contributed by atoms with van der Waals surface area (Å²) in [5.41, 5.74) is 2.20. The minimum absolute atomic E-state index is 0.324. The lowest BCUT2D eigenvalue weighted by molar-refractivity contribution is 0.507. The number of hydrogen-bond donors (Lipinski definition) is 0. The molecule has 0 heterocycles. The van der Waals surface area contributed by atoms with Crippen molar-refractivity contribution in [3.63, 3.8) is 0 Å². The maximum Gasteiger partial charge on any atom is 0.398 e. The van der Waals surface area contributed by atoms with Crippen molar-refractivity contribution in [1.82, 2.24) is 0 Å². The molecule has 2 aromatic rings. The Balaban J connectivity index is 2.26. The number of para-hydroxylation sites is 1. The molecule has 0 radical (unpaired) electrons. The summed E-state index contributed by atoms with van der Waals surface area (Å²) in [6, 6.07) is 15.7. The minimum atomic E-state index is -3.40. The lowest BCUT2D eigenvalue weighted by Gasteiger charge is -2.20. The third-order valence-corrected chi connectivity index (χ3v) is 8.04. The summed E-state index contributed by atoms with van der Waals surface area (Å²) in [7, 11) is 0. The third-order valence-electron chi connectivity index (χ3n) is 4.54. The largest absolute Gasteiger partial charge is 0.425 e. The molecule has 0 aliphatic carbocycles. The molecule has 3 unspecified atom stereocenters. The van der Waals surface area contributed by atoms with Gasteiger partial charge in [-0.15, -0.1) is 0 Å². The van der Waals surface area contributed by atoms with Crippen LogP contribution in [0.15, 0.2) is 53.4 Å². The van der Waals surface area contributed by atoms with Crippen molar-refractivity contribution in [3.8, 4) is 5.75 Å². The summed E-state index contributed by atoms with van der Waals surface area (Å²) in [4.78, 5) is 0.927. The molecule has 0 spiro atoms. The second-order valence-electron chi connectivity index (χ2n) is 6.31. The van der Waals surface area contributed by atoms with Crippen molar-refractivity contribution in [2.24, 2.45) is 0 Å². The molecule has 0 aliphatic heterocycles. The molecule has 136 valence electrons. The van der Waals surface area contributed by atoms with Gasteiger partial charge in [-0.1, -0.05) is 64.1 Å². The molecule has 25 heavy (non-hydrogen) atoms. The highest BCUT2D eigenvalue weighted by molar-refractivity contribution is 8.64. The molecule has 2 rings (SSSR count). The molecule has 0 fully saturated rings. The van der Waals surface area contributed by atoms with Gasteiger partial charge in [-0.2, -0.15) is 0 Å². The highest BCUT2D eigenvalue weighted by Crippen LogP contribution is 2.67. The molecule has 2 nitrogen and oxygen atoms in total. The zero-order chi connectivity index (χ0) is 18.4. The van der Waals surface area contributed by atoms with Gasteiger partial charge in [0.25, 0.3) is 0 Å². The molecule has 0 aliphatic rings. The highest BCUT2D eigenvalue weighted by atomic mass is 35.7. The van der Waals surface area contributed by atoms with E-state index in [0.29, 0.717) is 17.6 Å². The van der Waals surface area contributed by atoms with Crippen LogP contribution in [0, 0.1) is 0 Å². The van der Waals surface area contributed by atoms with E-state index in [-0.39, 0.29) is 0 Å². The average Bonchev–Trinajstić information content (AvgIpc) is 2.60. The van der Waals surface area contributed by atoms with E-state index in [9.17, 15) is 4.57 Å². The van der Waals surface area contributed by atoms with Gasteiger partial charge in [0.1, 0.15) is 5.75 Å². The normalized spacial score (nSPS) is 16.0. The van der Waals surface area contributed by atoms with Gasteiger partial charge in [-0.05, 0) is 70.6 Å². The fraction of sp³-hybridized carbons (Fsp3) is 0.400. The minimum Gasteiger partial charge on any atom is -0.425 e. The second-order valence-corrected chi connectivity index (χ2v) is 11.9. The first-order chi connectivity index (χ1) is 11.9. The summed E-state index contributed by atoms with van der Waals surface area (Å²) in [5.74, 6) is -2.08. The van der Waals surface area contributed by atoms with Crippen molar-refractivity contribution in [3.05, 3.63) is 59.7 Å². The summed E-state index contributed by atoms with van der Waals surface area (Å²) in [6.07, 6.45) is 2.00. The van der Waals surface area contributed by atoms with E-state index in [4.69, 9.17) is 15.8 Å². The Kier molecular flexibility index (Phi) is 7.49. The molecule has 0 N–H and O–H groups in total. The Labute approximate surface area is 160 Å². The Bertz CT molecular complexity index is 690. The van der Waals surface area contributed by atoms with Crippen LogP contribution in [0.5, 0.6) is 5.75 Å². The van der Waals surface area contributed by atoms with Crippen LogP contribution in [-0.4, -0.2) is 0 Å². The molecule has 0 bridgehead atoms. The van der Waals surface area contributed by atoms with Crippen LogP contribution in [0.3, 0.4) is 0 Å². The summed E-state index contributed by atoms with van der Waals surface area (Å²) in [5, 5.41) is 0. The van der Waals surface area contributed by atoms with Crippen LogP contribution >= 0.6 is 28.5 Å². The van der Waals surface area contributed by atoms with E-state index < -0.39 is 5.92 Å². The first-order valence-electron chi connectivity index (χ1n) is 8.74. The molecule has 2 aromatic carbocycles. The van der Waals surface area contributed by atoms with E-state index in [0.717, 1.165) is 40.2 Å². The smallest absolute Gasteiger partial charge is 0.398 e. The van der Waals surface area contributed by atoms with Crippen LogP contribution in [0.2, 0.25) is 0 Å². The number of benzene rings is 2. The zero-order valence-corrected chi connectivity index (χ0v) is 17.7. The van der Waals surface area contributed by atoms with Crippen molar-refractivity contribution < 1.29 is 9.09 Å². The monoisotopic (exact) mass is 396 g/mol. The third kappa shape index (κ3) is 5.54. The first-order valence-corrected chi connectivity index (χ1v) is 12.7. The first kappa shape index (κ1) is 20.4. The molecule has 0 saturated carbocycles. The molecular weight excluding hydrogens is 371 g/mol. The number of rotatable bonds is 8. The number of hydrogen-bond acceptors (Lipinski definition) is 3. The predicted octanol–water partition coefficient (Wildman–Crippen LogP) is 8.23. The fourth-order valence-corrected chi connectivity index (χ4v) is 6.27. The van der Waals surface area contributed by atoms with Crippen LogP contribution in [-0.2, 0) is 4.57 Å². The van der Waals surface area contributed by atoms with Gasteiger partial charge >= 0.3 is 5.92 Å². The summed E-state index contributed by atoms with van der Waals surface area (Å²) < 4.78 is 18.8. The molecule has 0 aromatic heterocycles. The molecule has 3 atom stereocenters. The molecule has 0 amide bonds. The van der Waals surface area contributed by atoms with Gasteiger partial charge < -0.3 is 4.52 Å². The van der Waals surface area contributed by atoms with Crippen molar-refractivity contribution >= 4 is 28.5 Å². The van der Waals surface area contributed by atoms with Crippen LogP contribution in [0.1, 0.15) is 63.5 Å². The maximum atomic E-state index is 13.0. The van der Waals surface area contributed by atoms with Gasteiger partial charge in [-0.25, -0.2) is 4.57 Å². The Morgan fingerprint density at radius 3 is 2.12 bits per heavy atom. The van der Waals surface area contributed by atoms with Crippen molar-refractivity contribution in [2.45, 2.75) is 57.3 Å². The van der Waals surface area contributed by atoms with E-state index >= 15 is 0 Å². The van der Waals surface area contributed by atoms with Crippen LogP contribution in [0.25, 0.3) is 0 Å². The Morgan fingerprint density at radius 2 is 1.48 bits per heavy atom. The highest BCUT2D eigenvalue weighted by Gasteiger charge is 2.27. The SMILES string of the molecule is CCC(C)c1ccccc1OP(=O)(Cl)Sc1ccccc1C(C)CC. The van der Waals surface area contributed by atoms with Gasteiger partial charge in [0.05, 0.1) is 0 Å². The molecule has 0 saturated heterocycles. The number of halogens is 1. The zero-order valence-electron chi connectivity index (χ0n) is 15.2. The van der Waals surface area contributed by atoms with E-state index in [2.05, 4.69) is 33.8 Å². The van der Waals surface area contributed by atoms with E-state index in [1.54, 1.807) is 0 Å². The van der Waals surface area contributed by atoms with Crippen molar-refractivity contribution in [1.29, 1.82) is 0 Å². The van der Waals surface area contributed by atoms with Gasteiger partial charge in [0, 0.05) is 4.90 Å². The van der Waals surface area contributed by atoms with Gasteiger partial charge in [0.15, 0.2) is 0 Å². The average molecular weight is 397 g/mol. The summed E-state index contributed by atoms with van der Waals surface area (Å²) >= 11 is 7.48. The van der Waals surface area contributed by atoms with E-state index in [1.165, 1.54) is 0 Å². The Hall–Kier alpha value is -0.890. The lowest BCUT2D eigenvalue weighted by atomic mass is 9.98. The van der Waals surface area contributed by atoms with Crippen molar-refractivity contribution in [2.75, 3.05) is 0 Å². The quantitative estimate of drug-likeness (QED) is 0.420. The van der Waals surface area contributed by atoms with Crippen LogP contribution < -0.4 is 4.52 Å². The van der Waals surface area contributed by atoms with Gasteiger partial charge in [0.2, 0.25) is 0 Å². The Morgan fingerprint density at radius 1 is 0.960 bits per heavy atom. The van der Waals surface area contributed by atoms with E-state index in [1.807, 2.05) is 42.5 Å². The summed E-state index contributed by atoms with van der Waals surface area (Å²) in [6.45, 7) is 8.56. The predicted molar refractivity (Wildman–Crippen MR) is 110 cm³/mol. The second kappa shape index (κ2) is 9.16.